The van der Waals surface area contributed by atoms with Crippen LogP contribution in [0, 0.1) is 5.82 Å². The van der Waals surface area contributed by atoms with E-state index in [-0.39, 0.29) is 19.6 Å². The van der Waals surface area contributed by atoms with Gasteiger partial charge in [0.15, 0.2) is 0 Å². The Morgan fingerprint density at radius 3 is 3.00 bits per heavy atom. The summed E-state index contributed by atoms with van der Waals surface area (Å²) in [6.45, 7) is 0.359. The molecule has 9 nitrogen and oxygen atoms in total. The Labute approximate surface area is 203 Å². The molecule has 2 bridgehead atoms. The second kappa shape index (κ2) is 8.73. The summed E-state index contributed by atoms with van der Waals surface area (Å²) in [6.07, 6.45) is 3.11. The van der Waals surface area contributed by atoms with Crippen molar-refractivity contribution in [3.05, 3.63) is 53.7 Å². The zero-order valence-corrected chi connectivity index (χ0v) is 20.7. The first kappa shape index (κ1) is 21.2. The van der Waals surface area contributed by atoms with E-state index in [9.17, 15) is 14.0 Å². The fraction of sp³-hybridized carbons (Fsp3) is 0.150. The van der Waals surface area contributed by atoms with Gasteiger partial charge < -0.3 is 0 Å². The predicted octanol–water partition coefficient (Wildman–Crippen LogP) is -2.71. The topological polar surface area (TPSA) is 115 Å². The van der Waals surface area contributed by atoms with Crippen LogP contribution in [0.4, 0.5) is 20.6 Å². The number of rotatable bonds is 3. The number of benzene rings is 1. The third-order valence-electron chi connectivity index (χ3n) is 4.89. The monoisotopic (exact) mass is 664 g/mol. The van der Waals surface area contributed by atoms with Crippen LogP contribution in [0.1, 0.15) is 20.0 Å². The average molecular weight is 664 g/mol. The van der Waals surface area contributed by atoms with Crippen LogP contribution in [-0.4, -0.2) is 33.5 Å². The summed E-state index contributed by atoms with van der Waals surface area (Å²) in [5, 5.41) is 6.06. The molecule has 0 spiro atoms. The number of halogens is 3. The van der Waals surface area contributed by atoms with Gasteiger partial charge in [0, 0.05) is 0 Å². The van der Waals surface area contributed by atoms with Crippen LogP contribution in [-0.2, 0) is 3.07 Å². The van der Waals surface area contributed by atoms with Gasteiger partial charge in [-0.2, -0.15) is 0 Å². The second-order valence-corrected chi connectivity index (χ2v) is 10.9. The van der Waals surface area contributed by atoms with Crippen molar-refractivity contribution < 1.29 is 68.1 Å². The molecular formula is C20H15FI2N4O5-2. The number of anilines is 2. The minimum absolute atomic E-state index is 0.0284. The number of nitrogens with zero attached hydrogens (tertiary/aromatic N) is 1. The van der Waals surface area contributed by atoms with Crippen LogP contribution < -0.4 is 61.7 Å². The summed E-state index contributed by atoms with van der Waals surface area (Å²) in [7, 11) is 1.38. The molecule has 1 atom stereocenters. The SMILES string of the molecule is COc1c(F)cccc1Nc1c2[nH]c3c1C(=O)NCC3[I-]OC(=O)[I-]Oc1cnccc1-2. The van der Waals surface area contributed by atoms with Crippen LogP contribution in [0.25, 0.3) is 11.3 Å². The molecule has 2 aromatic heterocycles. The summed E-state index contributed by atoms with van der Waals surface area (Å²) in [5.74, 6) is -0.397. The maximum absolute atomic E-state index is 14.3. The van der Waals surface area contributed by atoms with Crippen molar-refractivity contribution in [1.82, 2.24) is 15.3 Å². The van der Waals surface area contributed by atoms with Crippen molar-refractivity contribution in [3.8, 4) is 22.8 Å². The molecule has 0 saturated carbocycles. The molecule has 3 N–H and O–H groups in total. The van der Waals surface area contributed by atoms with Gasteiger partial charge in [-0.15, -0.1) is 0 Å². The van der Waals surface area contributed by atoms with Gasteiger partial charge >= 0.3 is 204 Å². The first-order valence-electron chi connectivity index (χ1n) is 9.31. The molecule has 2 aliphatic heterocycles. The molecule has 0 aliphatic carbocycles. The number of fused-ring (bicyclic) bond motifs is 3. The van der Waals surface area contributed by atoms with Crippen LogP contribution in [0.3, 0.4) is 0 Å². The van der Waals surface area contributed by atoms with Crippen molar-refractivity contribution >= 4 is 21.3 Å². The molecule has 0 fully saturated rings. The number of alkyl halides is 1. The number of methoxy groups -OCH3 is 1. The summed E-state index contributed by atoms with van der Waals surface area (Å²) >= 11 is -2.41. The van der Waals surface area contributed by atoms with Gasteiger partial charge in [-0.05, 0) is 0 Å². The third-order valence-corrected chi connectivity index (χ3v) is 9.34. The van der Waals surface area contributed by atoms with Gasteiger partial charge in [-0.25, -0.2) is 0 Å². The summed E-state index contributed by atoms with van der Waals surface area (Å²) in [6, 6.07) is 6.24. The minimum atomic E-state index is -1.35. The number of para-hydroxylation sites is 1. The molecule has 5 rings (SSSR count). The van der Waals surface area contributed by atoms with Crippen LogP contribution in [0.5, 0.6) is 11.5 Å². The Kier molecular flexibility index (Phi) is 5.79. The zero-order valence-electron chi connectivity index (χ0n) is 16.4. The average Bonchev–Trinajstić information content (AvgIpc) is 3.16. The van der Waals surface area contributed by atoms with Gasteiger partial charge in [0.05, 0.1) is 0 Å². The Hall–Kier alpha value is -2.62. The van der Waals surface area contributed by atoms with Gasteiger partial charge in [0.25, 0.3) is 0 Å². The Morgan fingerprint density at radius 1 is 1.28 bits per heavy atom. The fourth-order valence-electron chi connectivity index (χ4n) is 3.54. The molecule has 168 valence electrons. The van der Waals surface area contributed by atoms with E-state index in [4.69, 9.17) is 10.9 Å². The molecule has 32 heavy (non-hydrogen) atoms. The van der Waals surface area contributed by atoms with E-state index >= 15 is 0 Å². The number of nitrogens with one attached hydrogen (secondary N) is 3. The van der Waals surface area contributed by atoms with Gasteiger partial charge in [-0.3, -0.25) is 0 Å². The van der Waals surface area contributed by atoms with Gasteiger partial charge in [-0.1, -0.05) is 0 Å². The first-order valence-corrected chi connectivity index (χ1v) is 13.4. The number of carbonyl (C=O) groups excluding carboxylic acids is 2. The molecule has 0 radical (unpaired) electrons. The van der Waals surface area contributed by atoms with Gasteiger partial charge in [0.2, 0.25) is 0 Å². The molecule has 12 heteroatoms. The van der Waals surface area contributed by atoms with E-state index in [1.54, 1.807) is 24.4 Å². The van der Waals surface area contributed by atoms with Crippen LogP contribution in [0.15, 0.2) is 36.7 Å². The Bertz CT molecular complexity index is 1230. The van der Waals surface area contributed by atoms with Crippen LogP contribution in [0.2, 0.25) is 0 Å². The number of hydrogen-bond acceptors (Lipinski definition) is 7. The third kappa shape index (κ3) is 3.74. The van der Waals surface area contributed by atoms with E-state index in [0.717, 1.165) is 0 Å². The molecular weight excluding hydrogens is 649 g/mol. The van der Waals surface area contributed by atoms with E-state index in [1.807, 2.05) is 0 Å². The molecule has 1 unspecified atom stereocenters. The standard InChI is InChI=1S/C20H15FI2N4O5/c1-30-18-10(21)3-2-4-12(18)26-17-14-16-11(7-25-19(14)28)22-32-20(29)23-31-13-8-24-6-5-9(13)15(17)27-16/h2-6,8,11,26-27H,7H2,1H3,(H,25,28)/q-2. The van der Waals surface area contributed by atoms with Crippen molar-refractivity contribution in [2.75, 3.05) is 19.0 Å². The van der Waals surface area contributed by atoms with Crippen molar-refractivity contribution in [2.45, 2.75) is 3.92 Å². The van der Waals surface area contributed by atoms with E-state index in [0.29, 0.717) is 46.2 Å². The van der Waals surface area contributed by atoms with Crippen molar-refractivity contribution in [1.29, 1.82) is 0 Å². The molecule has 3 aromatic rings. The molecule has 1 aromatic carbocycles. The Balaban J connectivity index is 1.74. The number of hydrogen-bond donors (Lipinski definition) is 3. The molecule has 2 aliphatic rings. The van der Waals surface area contributed by atoms with Crippen LogP contribution >= 0.6 is 0 Å². The normalized spacial score (nSPS) is 17.8. The summed E-state index contributed by atoms with van der Waals surface area (Å²) in [4.78, 5) is 32.6. The number of amides is 1. The number of pyridine rings is 1. The second-order valence-electron chi connectivity index (χ2n) is 6.72. The van der Waals surface area contributed by atoms with Crippen molar-refractivity contribution in [3.63, 3.8) is 0 Å². The maximum atomic E-state index is 14.3. The zero-order chi connectivity index (χ0) is 22.2. The summed E-state index contributed by atoms with van der Waals surface area (Å²) < 4.78 is 30.3. The summed E-state index contributed by atoms with van der Waals surface area (Å²) in [5.41, 5.74) is 3.06. The number of carbonyl (C=O) groups is 2. The van der Waals surface area contributed by atoms with E-state index in [1.165, 1.54) is 19.4 Å². The number of ether oxygens (including phenoxy) is 1. The van der Waals surface area contributed by atoms with E-state index < -0.39 is 49.1 Å². The molecule has 1 amide bonds. The fourth-order valence-corrected chi connectivity index (χ4v) is 7.10. The first-order chi connectivity index (χ1) is 15.6. The quantitative estimate of drug-likeness (QED) is 0.159. The number of H-pyrrole nitrogens is 1. The number of aromatic amines is 1. The molecule has 4 heterocycles. The Morgan fingerprint density at radius 2 is 2.16 bits per heavy atom. The molecule has 0 saturated heterocycles. The van der Waals surface area contributed by atoms with E-state index in [2.05, 4.69) is 20.6 Å². The van der Waals surface area contributed by atoms with Gasteiger partial charge in [0.1, 0.15) is 0 Å². The number of aromatic nitrogens is 2. The van der Waals surface area contributed by atoms with Crippen molar-refractivity contribution in [2.24, 2.45) is 0 Å². The predicted molar refractivity (Wildman–Crippen MR) is 102 cm³/mol.